The highest BCUT2D eigenvalue weighted by Crippen LogP contribution is 2.38. The van der Waals surface area contributed by atoms with Gasteiger partial charge in [0.2, 0.25) is 0 Å². The predicted molar refractivity (Wildman–Crippen MR) is 93.7 cm³/mol. The van der Waals surface area contributed by atoms with Crippen molar-refractivity contribution in [2.24, 2.45) is 0 Å². The summed E-state index contributed by atoms with van der Waals surface area (Å²) in [6, 6.07) is 5.57. The van der Waals surface area contributed by atoms with Crippen LogP contribution in [-0.2, 0) is 9.53 Å². The Morgan fingerprint density at radius 1 is 1.28 bits per heavy atom. The summed E-state index contributed by atoms with van der Waals surface area (Å²) < 4.78 is 5.93. The molecule has 1 unspecified atom stereocenters. The number of nitrogens with zero attached hydrogens (tertiary/aromatic N) is 2. The summed E-state index contributed by atoms with van der Waals surface area (Å²) in [5.74, 6) is -1.35. The summed E-state index contributed by atoms with van der Waals surface area (Å²) in [6.07, 6.45) is 2.31. The molecule has 2 aliphatic rings. The number of rotatable bonds is 4. The molecule has 1 aromatic carbocycles. The van der Waals surface area contributed by atoms with E-state index >= 15 is 0 Å². The van der Waals surface area contributed by atoms with Gasteiger partial charge in [-0.3, -0.25) is 9.69 Å². The molecular weight excluding hydrogens is 344 g/mol. The minimum atomic E-state index is -1.03. The summed E-state index contributed by atoms with van der Waals surface area (Å²) in [6.45, 7) is 4.76. The Morgan fingerprint density at radius 3 is 2.48 bits per heavy atom. The highest BCUT2D eigenvalue weighted by atomic mass is 35.5. The number of amides is 1. The van der Waals surface area contributed by atoms with E-state index in [2.05, 4.69) is 11.8 Å². The molecule has 1 amide bonds. The molecule has 0 aromatic heterocycles. The van der Waals surface area contributed by atoms with Crippen LogP contribution in [0, 0.1) is 0 Å². The lowest BCUT2D eigenvalue weighted by molar-refractivity contribution is -0.143. The molecule has 136 valence electrons. The van der Waals surface area contributed by atoms with E-state index in [0.29, 0.717) is 23.4 Å². The number of halogens is 1. The summed E-state index contributed by atoms with van der Waals surface area (Å²) >= 11 is 5.89. The number of piperidine rings is 1. The van der Waals surface area contributed by atoms with Crippen LogP contribution in [0.15, 0.2) is 24.3 Å². The maximum absolute atomic E-state index is 13.1. The number of hydrogen-bond acceptors (Lipinski definition) is 4. The first kappa shape index (κ1) is 18.2. The zero-order valence-corrected chi connectivity index (χ0v) is 15.0. The van der Waals surface area contributed by atoms with Crippen molar-refractivity contribution >= 4 is 23.5 Å². The topological polar surface area (TPSA) is 70.1 Å². The van der Waals surface area contributed by atoms with Gasteiger partial charge in [-0.2, -0.15) is 0 Å². The summed E-state index contributed by atoms with van der Waals surface area (Å²) in [5, 5.41) is 10.1. The molecule has 2 heterocycles. The van der Waals surface area contributed by atoms with Crippen LogP contribution in [0.2, 0.25) is 5.02 Å². The number of carboxylic acids is 1. The third kappa shape index (κ3) is 3.52. The molecule has 6 nitrogen and oxygen atoms in total. The van der Waals surface area contributed by atoms with E-state index < -0.39 is 17.7 Å². The highest BCUT2D eigenvalue weighted by molar-refractivity contribution is 6.30. The summed E-state index contributed by atoms with van der Waals surface area (Å²) in [5.41, 5.74) is -0.402. The van der Waals surface area contributed by atoms with E-state index in [1.54, 1.807) is 24.3 Å². The molecule has 0 radical (unpaired) electrons. The van der Waals surface area contributed by atoms with Gasteiger partial charge >= 0.3 is 5.97 Å². The van der Waals surface area contributed by atoms with Crippen molar-refractivity contribution in [1.82, 2.24) is 9.80 Å². The molecule has 1 N–H and O–H groups in total. The number of carbonyl (C=O) groups is 2. The van der Waals surface area contributed by atoms with Gasteiger partial charge in [-0.15, -0.1) is 0 Å². The Labute approximate surface area is 152 Å². The minimum absolute atomic E-state index is 0.0302. The Balaban J connectivity index is 1.87. The van der Waals surface area contributed by atoms with Crippen LogP contribution >= 0.6 is 11.6 Å². The maximum Gasteiger partial charge on any atom is 0.328 e. The van der Waals surface area contributed by atoms with Gasteiger partial charge in [-0.25, -0.2) is 4.79 Å². The number of aliphatic carboxylic acids is 1. The Hall–Kier alpha value is -1.63. The second-order valence-corrected chi connectivity index (χ2v) is 7.07. The number of carbonyl (C=O) groups excluding carboxylic acids is 1. The first-order valence-corrected chi connectivity index (χ1v) is 9.03. The van der Waals surface area contributed by atoms with E-state index in [1.807, 2.05) is 0 Å². The number of carboxylic acid groups (broad SMARTS) is 1. The zero-order chi connectivity index (χ0) is 18.0. The third-order valence-corrected chi connectivity index (χ3v) is 5.28. The molecule has 2 aliphatic heterocycles. The molecule has 1 atom stereocenters. The Morgan fingerprint density at radius 2 is 1.92 bits per heavy atom. The van der Waals surface area contributed by atoms with Crippen LogP contribution in [0.5, 0.6) is 0 Å². The van der Waals surface area contributed by atoms with Crippen LogP contribution < -0.4 is 0 Å². The quantitative estimate of drug-likeness (QED) is 0.886. The lowest BCUT2D eigenvalue weighted by Crippen LogP contribution is -2.58. The smallest absolute Gasteiger partial charge is 0.328 e. The van der Waals surface area contributed by atoms with Crippen molar-refractivity contribution in [2.45, 2.75) is 38.0 Å². The van der Waals surface area contributed by atoms with Gasteiger partial charge in [0.05, 0.1) is 6.61 Å². The molecule has 3 rings (SSSR count). The van der Waals surface area contributed by atoms with E-state index in [0.717, 1.165) is 26.1 Å². The second-order valence-electron chi connectivity index (χ2n) is 6.63. The number of hydrogen-bond donors (Lipinski definition) is 1. The van der Waals surface area contributed by atoms with Crippen LogP contribution in [0.25, 0.3) is 0 Å². The fourth-order valence-corrected chi connectivity index (χ4v) is 3.86. The van der Waals surface area contributed by atoms with Gasteiger partial charge in [0.15, 0.2) is 6.04 Å². The molecule has 7 heteroatoms. The molecule has 2 fully saturated rings. The van der Waals surface area contributed by atoms with E-state index in [-0.39, 0.29) is 12.5 Å². The van der Waals surface area contributed by atoms with Crippen LogP contribution in [0.4, 0.5) is 0 Å². The Kier molecular flexibility index (Phi) is 5.32. The molecule has 0 saturated carbocycles. The minimum Gasteiger partial charge on any atom is -0.480 e. The van der Waals surface area contributed by atoms with Crippen LogP contribution in [0.3, 0.4) is 0 Å². The lowest BCUT2D eigenvalue weighted by Gasteiger charge is -2.44. The molecule has 25 heavy (non-hydrogen) atoms. The standard InChI is InChI=1S/C18H23ClN2O4/c1-2-9-20-10-7-18(8-11-20)21(15(12-25-18)17(23)24)16(22)13-3-5-14(19)6-4-13/h3-6,15H,2,7-12H2,1H3,(H,23,24). The largest absolute Gasteiger partial charge is 0.480 e. The van der Waals surface area contributed by atoms with E-state index in [4.69, 9.17) is 16.3 Å². The van der Waals surface area contributed by atoms with Gasteiger partial charge in [0, 0.05) is 36.5 Å². The average molecular weight is 367 g/mol. The van der Waals surface area contributed by atoms with Crippen molar-refractivity contribution in [3.8, 4) is 0 Å². The monoisotopic (exact) mass is 366 g/mol. The van der Waals surface area contributed by atoms with Gasteiger partial charge in [0.1, 0.15) is 5.72 Å². The zero-order valence-electron chi connectivity index (χ0n) is 14.3. The van der Waals surface area contributed by atoms with Crippen molar-refractivity contribution in [1.29, 1.82) is 0 Å². The number of ether oxygens (including phenoxy) is 1. The van der Waals surface area contributed by atoms with Crippen molar-refractivity contribution in [3.05, 3.63) is 34.9 Å². The third-order valence-electron chi connectivity index (χ3n) is 5.03. The predicted octanol–water partition coefficient (Wildman–Crippen LogP) is 2.47. The fourth-order valence-electron chi connectivity index (χ4n) is 3.73. The fraction of sp³-hybridized carbons (Fsp3) is 0.556. The summed E-state index contributed by atoms with van der Waals surface area (Å²) in [4.78, 5) is 28.5. The van der Waals surface area contributed by atoms with Crippen LogP contribution in [0.1, 0.15) is 36.5 Å². The molecule has 0 bridgehead atoms. The van der Waals surface area contributed by atoms with Gasteiger partial charge < -0.3 is 14.7 Å². The highest BCUT2D eigenvalue weighted by Gasteiger charge is 2.53. The van der Waals surface area contributed by atoms with Crippen LogP contribution in [-0.4, -0.2) is 64.8 Å². The molecule has 2 saturated heterocycles. The lowest BCUT2D eigenvalue weighted by atomic mass is 9.96. The molecule has 1 spiro atoms. The van der Waals surface area contributed by atoms with Gasteiger partial charge in [0.25, 0.3) is 5.91 Å². The van der Waals surface area contributed by atoms with Gasteiger partial charge in [-0.05, 0) is 37.2 Å². The van der Waals surface area contributed by atoms with Crippen molar-refractivity contribution in [2.75, 3.05) is 26.2 Å². The first-order valence-electron chi connectivity index (χ1n) is 8.65. The van der Waals surface area contributed by atoms with E-state index in [1.165, 1.54) is 4.90 Å². The Bertz CT molecular complexity index is 641. The average Bonchev–Trinajstić information content (AvgIpc) is 2.96. The number of likely N-dealkylation sites (tertiary alicyclic amines) is 1. The number of benzene rings is 1. The first-order chi connectivity index (χ1) is 12.0. The normalized spacial score (nSPS) is 23.1. The molecular formula is C18H23ClN2O4. The van der Waals surface area contributed by atoms with Crippen molar-refractivity contribution in [3.63, 3.8) is 0 Å². The van der Waals surface area contributed by atoms with Gasteiger partial charge in [-0.1, -0.05) is 18.5 Å². The molecule has 0 aliphatic carbocycles. The maximum atomic E-state index is 13.1. The summed E-state index contributed by atoms with van der Waals surface area (Å²) in [7, 11) is 0. The molecule has 1 aromatic rings. The SMILES string of the molecule is CCCN1CCC2(CC1)OCC(C(=O)O)N2C(=O)c1ccc(Cl)cc1. The van der Waals surface area contributed by atoms with Crippen molar-refractivity contribution < 1.29 is 19.4 Å². The van der Waals surface area contributed by atoms with E-state index in [9.17, 15) is 14.7 Å². The second kappa shape index (κ2) is 7.32.